The lowest BCUT2D eigenvalue weighted by Gasteiger charge is -2.10. The molecule has 0 aliphatic heterocycles. The minimum absolute atomic E-state index is 0.511. The summed E-state index contributed by atoms with van der Waals surface area (Å²) in [4.78, 5) is 5.64. The Morgan fingerprint density at radius 3 is 2.63 bits per heavy atom. The summed E-state index contributed by atoms with van der Waals surface area (Å²) in [7, 11) is 1.67. The number of aryl methyl sites for hydroxylation is 2. The molecule has 0 amide bonds. The van der Waals surface area contributed by atoms with Gasteiger partial charge >= 0.3 is 0 Å². The minimum Gasteiger partial charge on any atom is -0.497 e. The van der Waals surface area contributed by atoms with Crippen molar-refractivity contribution in [1.29, 1.82) is 0 Å². The summed E-state index contributed by atoms with van der Waals surface area (Å²) >= 11 is 1.63. The summed E-state index contributed by atoms with van der Waals surface area (Å²) in [5.41, 5.74) is 9.13. The smallest absolute Gasteiger partial charge is 0.120 e. The lowest BCUT2D eigenvalue weighted by atomic mass is 10.2. The molecule has 2 N–H and O–H groups in total. The monoisotopic (exact) mass is 274 g/mol. The number of hydrogen-bond acceptors (Lipinski definition) is 4. The number of hydrogen-bond donors (Lipinski definition) is 1. The number of nitrogens with two attached hydrogens (primary N) is 1. The first-order valence-corrected chi connectivity index (χ1v) is 6.94. The van der Waals surface area contributed by atoms with E-state index in [1.165, 1.54) is 5.56 Å². The third kappa shape index (κ3) is 3.49. The van der Waals surface area contributed by atoms with Gasteiger partial charge in [0.15, 0.2) is 0 Å². The molecule has 0 saturated carbocycles. The quantitative estimate of drug-likeness (QED) is 0.929. The van der Waals surface area contributed by atoms with Gasteiger partial charge in [-0.15, -0.1) is 0 Å². The van der Waals surface area contributed by atoms with Crippen molar-refractivity contribution in [3.63, 3.8) is 0 Å². The molecule has 0 spiro atoms. The summed E-state index contributed by atoms with van der Waals surface area (Å²) in [6.07, 6.45) is 0. The lowest BCUT2D eigenvalue weighted by Crippen LogP contribution is -1.99. The Bertz CT molecular complexity index is 564. The van der Waals surface area contributed by atoms with Crippen molar-refractivity contribution in [2.75, 3.05) is 7.11 Å². The Morgan fingerprint density at radius 2 is 2.00 bits per heavy atom. The number of methoxy groups -OCH3 is 1. The maximum absolute atomic E-state index is 5.78. The van der Waals surface area contributed by atoms with Gasteiger partial charge in [-0.1, -0.05) is 17.8 Å². The molecule has 0 fully saturated rings. The number of benzene rings is 1. The van der Waals surface area contributed by atoms with Crippen LogP contribution >= 0.6 is 11.8 Å². The Kier molecular flexibility index (Phi) is 4.45. The molecule has 2 aromatic rings. The Hall–Kier alpha value is -1.52. The van der Waals surface area contributed by atoms with Crippen LogP contribution in [-0.4, -0.2) is 12.1 Å². The van der Waals surface area contributed by atoms with Crippen LogP contribution in [0.5, 0.6) is 5.75 Å². The van der Waals surface area contributed by atoms with E-state index >= 15 is 0 Å². The Balaban J connectivity index is 2.35. The van der Waals surface area contributed by atoms with Crippen LogP contribution in [0, 0.1) is 13.8 Å². The van der Waals surface area contributed by atoms with E-state index in [4.69, 9.17) is 10.5 Å². The van der Waals surface area contributed by atoms with E-state index in [9.17, 15) is 0 Å². The molecule has 100 valence electrons. The summed E-state index contributed by atoms with van der Waals surface area (Å²) in [6, 6.07) is 10.1. The molecule has 3 nitrogen and oxygen atoms in total. The fraction of sp³-hybridized carbons (Fsp3) is 0.267. The van der Waals surface area contributed by atoms with Gasteiger partial charge in [0.1, 0.15) is 10.8 Å². The highest BCUT2D eigenvalue weighted by atomic mass is 32.2. The third-order valence-corrected chi connectivity index (χ3v) is 3.80. The highest BCUT2D eigenvalue weighted by molar-refractivity contribution is 7.99. The average Bonchev–Trinajstić information content (AvgIpc) is 2.37. The van der Waals surface area contributed by atoms with Gasteiger partial charge in [-0.3, -0.25) is 0 Å². The van der Waals surface area contributed by atoms with Crippen molar-refractivity contribution in [2.45, 2.75) is 30.3 Å². The summed E-state index contributed by atoms with van der Waals surface area (Å²) in [6.45, 7) is 4.60. The average molecular weight is 274 g/mol. The van der Waals surface area contributed by atoms with Crippen molar-refractivity contribution >= 4 is 11.8 Å². The number of ether oxygens (including phenoxy) is 1. The van der Waals surface area contributed by atoms with Crippen LogP contribution in [0.3, 0.4) is 0 Å². The molecule has 0 aliphatic carbocycles. The van der Waals surface area contributed by atoms with Crippen LogP contribution < -0.4 is 10.5 Å². The van der Waals surface area contributed by atoms with Gasteiger partial charge in [0.05, 0.1) is 7.11 Å². The second-order valence-electron chi connectivity index (χ2n) is 4.40. The van der Waals surface area contributed by atoms with Crippen molar-refractivity contribution in [1.82, 2.24) is 4.98 Å². The standard InChI is InChI=1S/C15H18N2OS/c1-10-6-11(2)17-15(7-10)19-14-8-13(18-3)5-4-12(14)9-16/h4-8H,9,16H2,1-3H3. The molecular weight excluding hydrogens is 256 g/mol. The number of rotatable bonds is 4. The number of nitrogens with zero attached hydrogens (tertiary/aromatic N) is 1. The molecule has 1 heterocycles. The largest absolute Gasteiger partial charge is 0.497 e. The van der Waals surface area contributed by atoms with Crippen molar-refractivity contribution in [3.8, 4) is 5.75 Å². The van der Waals surface area contributed by atoms with Gasteiger partial charge < -0.3 is 10.5 Å². The Morgan fingerprint density at radius 1 is 1.21 bits per heavy atom. The molecule has 19 heavy (non-hydrogen) atoms. The first-order chi connectivity index (χ1) is 9.12. The molecule has 0 unspecified atom stereocenters. The SMILES string of the molecule is COc1ccc(CN)c(Sc2cc(C)cc(C)n2)c1. The molecule has 4 heteroatoms. The highest BCUT2D eigenvalue weighted by Crippen LogP contribution is 2.32. The topological polar surface area (TPSA) is 48.1 Å². The summed E-state index contributed by atoms with van der Waals surface area (Å²) < 4.78 is 5.26. The number of pyridine rings is 1. The summed E-state index contributed by atoms with van der Waals surface area (Å²) in [5.74, 6) is 0.837. The van der Waals surface area contributed by atoms with Gasteiger partial charge in [-0.05, 0) is 49.2 Å². The van der Waals surface area contributed by atoms with Gasteiger partial charge in [0.25, 0.3) is 0 Å². The number of aromatic nitrogens is 1. The van der Waals surface area contributed by atoms with Crippen LogP contribution in [0.2, 0.25) is 0 Å². The van der Waals surface area contributed by atoms with E-state index in [-0.39, 0.29) is 0 Å². The molecule has 1 aromatic heterocycles. The molecule has 0 atom stereocenters. The molecule has 1 aromatic carbocycles. The van der Waals surface area contributed by atoms with Crippen LogP contribution in [0.15, 0.2) is 40.3 Å². The fourth-order valence-corrected chi connectivity index (χ4v) is 3.01. The van der Waals surface area contributed by atoms with Crippen LogP contribution in [-0.2, 0) is 6.54 Å². The van der Waals surface area contributed by atoms with Gasteiger partial charge in [-0.2, -0.15) is 0 Å². The Labute approximate surface area is 118 Å². The van der Waals surface area contributed by atoms with Crippen molar-refractivity contribution in [3.05, 3.63) is 47.2 Å². The van der Waals surface area contributed by atoms with Crippen LogP contribution in [0.25, 0.3) is 0 Å². The summed E-state index contributed by atoms with van der Waals surface area (Å²) in [5, 5.41) is 0.987. The highest BCUT2D eigenvalue weighted by Gasteiger charge is 2.07. The van der Waals surface area contributed by atoms with Crippen LogP contribution in [0.4, 0.5) is 0 Å². The first kappa shape index (κ1) is 13.9. The lowest BCUT2D eigenvalue weighted by molar-refractivity contribution is 0.413. The molecule has 0 radical (unpaired) electrons. The van der Waals surface area contributed by atoms with Crippen LogP contribution in [0.1, 0.15) is 16.8 Å². The zero-order valence-corrected chi connectivity index (χ0v) is 12.3. The normalized spacial score (nSPS) is 10.5. The zero-order valence-electron chi connectivity index (χ0n) is 11.4. The van der Waals surface area contributed by atoms with E-state index in [1.54, 1.807) is 18.9 Å². The van der Waals surface area contributed by atoms with E-state index in [0.717, 1.165) is 26.9 Å². The molecule has 2 rings (SSSR count). The molecule has 0 bridgehead atoms. The van der Waals surface area contributed by atoms with Crippen molar-refractivity contribution < 1.29 is 4.74 Å². The van der Waals surface area contributed by atoms with Gasteiger partial charge in [0, 0.05) is 17.1 Å². The minimum atomic E-state index is 0.511. The second kappa shape index (κ2) is 6.08. The zero-order chi connectivity index (χ0) is 13.8. The van der Waals surface area contributed by atoms with Gasteiger partial charge in [-0.25, -0.2) is 4.98 Å². The van der Waals surface area contributed by atoms with Crippen molar-refractivity contribution in [2.24, 2.45) is 5.73 Å². The van der Waals surface area contributed by atoms with E-state index in [2.05, 4.69) is 24.0 Å². The maximum atomic E-state index is 5.78. The van der Waals surface area contributed by atoms with E-state index in [1.807, 2.05) is 25.1 Å². The maximum Gasteiger partial charge on any atom is 0.120 e. The first-order valence-electron chi connectivity index (χ1n) is 6.12. The predicted octanol–water partition coefficient (Wildman–Crippen LogP) is 3.32. The fourth-order valence-electron chi connectivity index (χ4n) is 1.89. The predicted molar refractivity (Wildman–Crippen MR) is 78.7 cm³/mol. The molecule has 0 saturated heterocycles. The molecular formula is C15H18N2OS. The van der Waals surface area contributed by atoms with E-state index < -0.39 is 0 Å². The molecule has 0 aliphatic rings. The second-order valence-corrected chi connectivity index (χ2v) is 5.47. The third-order valence-electron chi connectivity index (χ3n) is 2.78. The van der Waals surface area contributed by atoms with E-state index in [0.29, 0.717) is 6.54 Å². The van der Waals surface area contributed by atoms with Gasteiger partial charge in [0.2, 0.25) is 0 Å².